The van der Waals surface area contributed by atoms with Crippen molar-refractivity contribution in [1.82, 2.24) is 10.8 Å². The number of rotatable bonds is 1. The van der Waals surface area contributed by atoms with Crippen LogP contribution >= 0.6 is 0 Å². The smallest absolute Gasteiger partial charge is 0.360 e. The zero-order chi connectivity index (χ0) is 9.19. The van der Waals surface area contributed by atoms with Gasteiger partial charge in [-0.15, -0.1) is 0 Å². The van der Waals surface area contributed by atoms with Crippen molar-refractivity contribution >= 4 is 5.97 Å². The quantitative estimate of drug-likeness (QED) is 0.632. The number of carbonyl (C=O) groups excluding carboxylic acids is 1. The molecule has 0 atom stereocenters. The van der Waals surface area contributed by atoms with Crippen molar-refractivity contribution in [2.24, 2.45) is 0 Å². The van der Waals surface area contributed by atoms with Crippen LogP contribution in [0.3, 0.4) is 0 Å². The summed E-state index contributed by atoms with van der Waals surface area (Å²) < 4.78 is 34.5. The van der Waals surface area contributed by atoms with Crippen molar-refractivity contribution in [3.8, 4) is 0 Å². The maximum Gasteiger partial charge on any atom is 0.492 e. The van der Waals surface area contributed by atoms with E-state index < -0.39 is 12.1 Å². The number of carbonyl (C=O) groups is 1. The molecule has 0 aromatic heterocycles. The zero-order valence-corrected chi connectivity index (χ0v) is 5.46. The summed E-state index contributed by atoms with van der Waals surface area (Å²) >= 11 is 0. The lowest BCUT2D eigenvalue weighted by atomic mass is 10.7. The summed E-state index contributed by atoms with van der Waals surface area (Å²) in [5.41, 5.74) is 2.05. The number of hydrogen-bond donors (Lipinski definition) is 1. The number of halogens is 3. The first kappa shape index (κ1) is 8.65. The fourth-order valence-electron chi connectivity index (χ4n) is 0.382. The van der Waals surface area contributed by atoms with Gasteiger partial charge in [-0.3, -0.25) is 5.43 Å². The van der Waals surface area contributed by atoms with Gasteiger partial charge in [-0.25, -0.2) is 4.79 Å². The molecule has 0 aliphatic carbocycles. The Balaban J connectivity index is 2.36. The maximum absolute atomic E-state index is 11.5. The average molecular weight is 184 g/mol. The van der Waals surface area contributed by atoms with Crippen molar-refractivity contribution in [2.75, 3.05) is 0 Å². The van der Waals surface area contributed by atoms with Gasteiger partial charge >= 0.3 is 12.1 Å². The van der Waals surface area contributed by atoms with E-state index in [1.807, 2.05) is 5.43 Å². The number of nitrogens with zero attached hydrogens (tertiary/aromatic N) is 1. The second-order valence-corrected chi connectivity index (χ2v) is 1.67. The molecule has 0 amide bonds. The minimum absolute atomic E-state index is 0.176. The molecule has 0 spiro atoms. The van der Waals surface area contributed by atoms with Crippen LogP contribution in [-0.4, -0.2) is 17.5 Å². The molecule has 0 aromatic rings. The highest BCUT2D eigenvalue weighted by Crippen LogP contribution is 2.17. The highest BCUT2D eigenvalue weighted by Gasteiger charge is 2.43. The van der Waals surface area contributed by atoms with Crippen LogP contribution in [0.5, 0.6) is 0 Å². The second-order valence-electron chi connectivity index (χ2n) is 1.67. The molecular formula is C4H3F3N2O3. The topological polar surface area (TPSA) is 50.8 Å². The summed E-state index contributed by atoms with van der Waals surface area (Å²) in [5.74, 6) is -2.36. The SMILES string of the molecule is O=C(ON1NC=CO1)C(F)(F)F. The Bertz CT molecular complexity index is 206. The first-order valence-electron chi connectivity index (χ1n) is 2.67. The number of alkyl halides is 3. The largest absolute Gasteiger partial charge is 0.492 e. The first-order chi connectivity index (χ1) is 5.50. The molecule has 1 aliphatic rings. The van der Waals surface area contributed by atoms with E-state index in [9.17, 15) is 18.0 Å². The van der Waals surface area contributed by atoms with Gasteiger partial charge in [-0.2, -0.15) is 13.2 Å². The molecule has 0 radical (unpaired) electrons. The fraction of sp³-hybridized carbons (Fsp3) is 0.250. The lowest BCUT2D eigenvalue weighted by Gasteiger charge is -2.13. The van der Waals surface area contributed by atoms with E-state index in [4.69, 9.17) is 0 Å². The van der Waals surface area contributed by atoms with Crippen molar-refractivity contribution in [2.45, 2.75) is 6.18 Å². The highest BCUT2D eigenvalue weighted by atomic mass is 19.4. The van der Waals surface area contributed by atoms with Crippen molar-refractivity contribution < 1.29 is 27.6 Å². The molecule has 1 heterocycles. The minimum atomic E-state index is -5.03. The van der Waals surface area contributed by atoms with Gasteiger partial charge in [0.1, 0.15) is 11.6 Å². The minimum Gasteiger partial charge on any atom is -0.360 e. The van der Waals surface area contributed by atoms with E-state index in [1.54, 1.807) is 0 Å². The molecule has 0 fully saturated rings. The van der Waals surface area contributed by atoms with Gasteiger partial charge in [0.05, 0.1) is 6.20 Å². The summed E-state index contributed by atoms with van der Waals surface area (Å²) in [4.78, 5) is 18.0. The van der Waals surface area contributed by atoms with Crippen LogP contribution in [0.1, 0.15) is 0 Å². The Kier molecular flexibility index (Phi) is 2.09. The molecule has 1 aliphatic heterocycles. The monoisotopic (exact) mass is 184 g/mol. The summed E-state index contributed by atoms with van der Waals surface area (Å²) in [6.07, 6.45) is -2.89. The lowest BCUT2D eigenvalue weighted by Crippen LogP contribution is -2.37. The van der Waals surface area contributed by atoms with Crippen molar-refractivity contribution in [3.63, 3.8) is 0 Å². The predicted octanol–water partition coefficient (Wildman–Crippen LogP) is 0.230. The number of hydrazine groups is 1. The predicted molar refractivity (Wildman–Crippen MR) is 27.3 cm³/mol. The third kappa shape index (κ3) is 2.02. The third-order valence-electron chi connectivity index (χ3n) is 0.802. The van der Waals surface area contributed by atoms with E-state index in [1.165, 1.54) is 0 Å². The van der Waals surface area contributed by atoms with Crippen LogP contribution in [-0.2, 0) is 14.5 Å². The standard InChI is InChI=1S/C4H3F3N2O3/c5-4(6,7)3(10)12-9-8-1-2-11-9/h1-2,8H. The molecule has 1 rings (SSSR count). The molecule has 8 heteroatoms. The summed E-state index contributed by atoms with van der Waals surface area (Å²) in [6, 6.07) is 0. The van der Waals surface area contributed by atoms with Gasteiger partial charge in [-0.1, -0.05) is 0 Å². The molecule has 0 saturated carbocycles. The molecule has 68 valence electrons. The van der Waals surface area contributed by atoms with Crippen molar-refractivity contribution in [3.05, 3.63) is 12.5 Å². The zero-order valence-electron chi connectivity index (χ0n) is 5.46. The molecule has 1 N–H and O–H groups in total. The second kappa shape index (κ2) is 2.89. The Hall–Kier alpha value is -1.44. The molecular weight excluding hydrogens is 181 g/mol. The highest BCUT2D eigenvalue weighted by molar-refractivity contribution is 5.75. The van der Waals surface area contributed by atoms with E-state index in [0.717, 1.165) is 12.5 Å². The Labute approximate surface area is 64.2 Å². The van der Waals surface area contributed by atoms with Crippen LogP contribution in [0.2, 0.25) is 0 Å². The van der Waals surface area contributed by atoms with Crippen LogP contribution in [0.25, 0.3) is 0 Å². The van der Waals surface area contributed by atoms with E-state index in [2.05, 4.69) is 9.68 Å². The Morgan fingerprint density at radius 1 is 1.58 bits per heavy atom. The van der Waals surface area contributed by atoms with Gasteiger partial charge < -0.3 is 9.68 Å². The van der Waals surface area contributed by atoms with E-state index in [-0.39, 0.29) is 5.34 Å². The molecule has 0 saturated heterocycles. The fourth-order valence-corrected chi connectivity index (χ4v) is 0.382. The van der Waals surface area contributed by atoms with Gasteiger partial charge in [-0.05, 0) is 0 Å². The van der Waals surface area contributed by atoms with Crippen LogP contribution in [0, 0.1) is 0 Å². The number of nitrogens with one attached hydrogen (secondary N) is 1. The van der Waals surface area contributed by atoms with Gasteiger partial charge in [0.25, 0.3) is 0 Å². The van der Waals surface area contributed by atoms with Gasteiger partial charge in [0, 0.05) is 0 Å². The van der Waals surface area contributed by atoms with Crippen molar-refractivity contribution in [1.29, 1.82) is 0 Å². The molecule has 0 aromatic carbocycles. The lowest BCUT2D eigenvalue weighted by molar-refractivity contribution is -0.345. The molecule has 12 heavy (non-hydrogen) atoms. The third-order valence-corrected chi connectivity index (χ3v) is 0.802. The molecule has 5 nitrogen and oxygen atoms in total. The van der Waals surface area contributed by atoms with Crippen LogP contribution < -0.4 is 5.43 Å². The summed E-state index contributed by atoms with van der Waals surface area (Å²) in [7, 11) is 0. The Morgan fingerprint density at radius 2 is 2.25 bits per heavy atom. The van der Waals surface area contributed by atoms with Crippen LogP contribution in [0.15, 0.2) is 12.5 Å². The van der Waals surface area contributed by atoms with E-state index >= 15 is 0 Å². The summed E-state index contributed by atoms with van der Waals surface area (Å²) in [5, 5.41) is 0.176. The van der Waals surface area contributed by atoms with E-state index in [0.29, 0.717) is 0 Å². The summed E-state index contributed by atoms with van der Waals surface area (Å²) in [6.45, 7) is 0. The Morgan fingerprint density at radius 3 is 2.67 bits per heavy atom. The average Bonchev–Trinajstić information content (AvgIpc) is 2.37. The normalized spacial score (nSPS) is 16.9. The number of hydrogen-bond acceptors (Lipinski definition) is 5. The molecule has 0 unspecified atom stereocenters. The van der Waals surface area contributed by atoms with Gasteiger partial charge in [0.15, 0.2) is 0 Å². The maximum atomic E-state index is 11.5. The van der Waals surface area contributed by atoms with Crippen LogP contribution in [0.4, 0.5) is 13.2 Å². The first-order valence-corrected chi connectivity index (χ1v) is 2.67. The molecule has 0 bridgehead atoms. The van der Waals surface area contributed by atoms with Gasteiger partial charge in [0.2, 0.25) is 0 Å².